The summed E-state index contributed by atoms with van der Waals surface area (Å²) in [4.78, 5) is 14.2. The van der Waals surface area contributed by atoms with Crippen LogP contribution in [0.2, 0.25) is 0 Å². The Kier molecular flexibility index (Phi) is 3.98. The number of benzene rings is 2. The number of hydrogen-bond donors (Lipinski definition) is 1. The Labute approximate surface area is 146 Å². The number of carbonyl (C=O) groups excluding carboxylic acids is 1. The largest absolute Gasteiger partial charge is 0.371 e. The minimum atomic E-state index is -0.567. The van der Waals surface area contributed by atoms with Crippen LogP contribution in [0.3, 0.4) is 0 Å². The zero-order chi connectivity index (χ0) is 17.2. The Balaban J connectivity index is 1.77. The second-order valence-electron chi connectivity index (χ2n) is 6.27. The van der Waals surface area contributed by atoms with Crippen molar-refractivity contribution in [2.45, 2.75) is 12.8 Å². The van der Waals surface area contributed by atoms with Gasteiger partial charge in [-0.3, -0.25) is 0 Å². The van der Waals surface area contributed by atoms with Crippen LogP contribution in [0.25, 0.3) is 23.1 Å². The average molecular weight is 332 g/mol. The average Bonchev–Trinajstić information content (AvgIpc) is 3.28. The summed E-state index contributed by atoms with van der Waals surface area (Å²) < 4.78 is 1.29. The van der Waals surface area contributed by atoms with E-state index in [0.717, 1.165) is 40.9 Å². The predicted molar refractivity (Wildman–Crippen MR) is 102 cm³/mol. The van der Waals surface area contributed by atoms with Crippen molar-refractivity contribution < 1.29 is 4.79 Å². The summed E-state index contributed by atoms with van der Waals surface area (Å²) in [6.45, 7) is 2.11. The van der Waals surface area contributed by atoms with Gasteiger partial charge in [0.2, 0.25) is 0 Å². The fraction of sp³-hybridized carbons (Fsp3) is 0.200. The van der Waals surface area contributed by atoms with Gasteiger partial charge in [-0.2, -0.15) is 9.78 Å². The van der Waals surface area contributed by atoms with Crippen molar-refractivity contribution in [3.63, 3.8) is 0 Å². The van der Waals surface area contributed by atoms with Gasteiger partial charge in [-0.25, -0.2) is 4.79 Å². The third-order valence-electron chi connectivity index (χ3n) is 4.61. The highest BCUT2D eigenvalue weighted by molar-refractivity contribution is 5.97. The second-order valence-corrected chi connectivity index (χ2v) is 6.27. The maximum absolute atomic E-state index is 11.8. The van der Waals surface area contributed by atoms with Crippen LogP contribution >= 0.6 is 0 Å². The van der Waals surface area contributed by atoms with E-state index in [1.165, 1.54) is 17.5 Å². The Bertz CT molecular complexity index is 937. The summed E-state index contributed by atoms with van der Waals surface area (Å²) in [5, 5.41) is 5.33. The van der Waals surface area contributed by atoms with Gasteiger partial charge >= 0.3 is 6.03 Å². The standard InChI is InChI=1S/C20H20N4O/c21-20(25)24-19-14-16(23-12-4-5-13-23)9-10-17(19)18(22-24)11-8-15-6-2-1-3-7-15/h1-3,6-11,14H,4-5,12-13H2,(H2,21,25). The van der Waals surface area contributed by atoms with Crippen molar-refractivity contribution in [1.29, 1.82) is 0 Å². The number of nitrogens with two attached hydrogens (primary N) is 1. The molecule has 25 heavy (non-hydrogen) atoms. The molecule has 1 aliphatic heterocycles. The van der Waals surface area contributed by atoms with Gasteiger partial charge < -0.3 is 10.6 Å². The lowest BCUT2D eigenvalue weighted by Crippen LogP contribution is -2.21. The fourth-order valence-electron chi connectivity index (χ4n) is 3.33. The molecule has 0 atom stereocenters. The van der Waals surface area contributed by atoms with Gasteiger partial charge in [-0.15, -0.1) is 0 Å². The highest BCUT2D eigenvalue weighted by Crippen LogP contribution is 2.28. The molecule has 0 aliphatic carbocycles. The summed E-state index contributed by atoms with van der Waals surface area (Å²) in [6.07, 6.45) is 6.32. The molecule has 5 nitrogen and oxygen atoms in total. The summed E-state index contributed by atoms with van der Waals surface area (Å²) in [5.41, 5.74) is 9.22. The lowest BCUT2D eigenvalue weighted by Gasteiger charge is -2.17. The van der Waals surface area contributed by atoms with Gasteiger partial charge in [0.1, 0.15) is 0 Å². The van der Waals surface area contributed by atoms with Gasteiger partial charge in [0.15, 0.2) is 0 Å². The van der Waals surface area contributed by atoms with Crippen molar-refractivity contribution in [3.8, 4) is 0 Å². The molecule has 0 radical (unpaired) electrons. The number of rotatable bonds is 3. The van der Waals surface area contributed by atoms with E-state index in [-0.39, 0.29) is 0 Å². The van der Waals surface area contributed by atoms with E-state index in [0.29, 0.717) is 0 Å². The third kappa shape index (κ3) is 3.01. The molecule has 0 spiro atoms. The number of carbonyl (C=O) groups is 1. The minimum absolute atomic E-state index is 0.567. The molecule has 2 heterocycles. The normalized spacial score (nSPS) is 14.6. The summed E-state index contributed by atoms with van der Waals surface area (Å²) in [7, 11) is 0. The lowest BCUT2D eigenvalue weighted by molar-refractivity contribution is 0.248. The van der Waals surface area contributed by atoms with Crippen molar-refractivity contribution in [2.24, 2.45) is 5.73 Å². The Hall–Kier alpha value is -3.08. The number of anilines is 1. The molecule has 126 valence electrons. The molecule has 0 unspecified atom stereocenters. The molecule has 2 aromatic carbocycles. The maximum Gasteiger partial charge on any atom is 0.340 e. The van der Waals surface area contributed by atoms with Crippen LogP contribution in [0.5, 0.6) is 0 Å². The molecule has 4 rings (SSSR count). The Morgan fingerprint density at radius 1 is 1.04 bits per heavy atom. The molecule has 1 aromatic heterocycles. The minimum Gasteiger partial charge on any atom is -0.371 e. The van der Waals surface area contributed by atoms with Crippen LogP contribution in [0.1, 0.15) is 24.1 Å². The number of fused-ring (bicyclic) bond motifs is 1. The first kappa shape index (κ1) is 15.4. The van der Waals surface area contributed by atoms with E-state index >= 15 is 0 Å². The van der Waals surface area contributed by atoms with Crippen LogP contribution in [0.15, 0.2) is 48.5 Å². The van der Waals surface area contributed by atoms with Crippen molar-refractivity contribution in [3.05, 3.63) is 59.8 Å². The van der Waals surface area contributed by atoms with E-state index in [2.05, 4.69) is 16.1 Å². The van der Waals surface area contributed by atoms with E-state index in [4.69, 9.17) is 5.73 Å². The number of primary amides is 1. The quantitative estimate of drug-likeness (QED) is 0.795. The number of nitrogens with zero attached hydrogens (tertiary/aromatic N) is 3. The smallest absolute Gasteiger partial charge is 0.340 e. The topological polar surface area (TPSA) is 64.2 Å². The molecular weight excluding hydrogens is 312 g/mol. The van der Waals surface area contributed by atoms with Crippen LogP contribution in [0.4, 0.5) is 10.5 Å². The molecule has 3 aromatic rings. The van der Waals surface area contributed by atoms with Crippen LogP contribution in [0, 0.1) is 0 Å². The zero-order valence-electron chi connectivity index (χ0n) is 13.9. The van der Waals surface area contributed by atoms with Crippen LogP contribution < -0.4 is 10.6 Å². The van der Waals surface area contributed by atoms with Crippen LogP contribution in [-0.2, 0) is 0 Å². The third-order valence-corrected chi connectivity index (χ3v) is 4.61. The molecule has 1 saturated heterocycles. The van der Waals surface area contributed by atoms with Gasteiger partial charge in [0.25, 0.3) is 0 Å². The number of hydrogen-bond acceptors (Lipinski definition) is 3. The molecule has 1 amide bonds. The molecule has 5 heteroatoms. The molecule has 2 N–H and O–H groups in total. The molecule has 1 fully saturated rings. The Morgan fingerprint density at radius 3 is 2.52 bits per heavy atom. The molecule has 0 bridgehead atoms. The van der Waals surface area contributed by atoms with Gasteiger partial charge in [0.05, 0.1) is 11.2 Å². The van der Waals surface area contributed by atoms with Gasteiger partial charge in [-0.1, -0.05) is 36.4 Å². The highest BCUT2D eigenvalue weighted by atomic mass is 16.2. The maximum atomic E-state index is 11.8. The Morgan fingerprint density at radius 2 is 1.80 bits per heavy atom. The van der Waals surface area contributed by atoms with E-state index in [9.17, 15) is 4.79 Å². The molecular formula is C20H20N4O. The molecule has 1 aliphatic rings. The van der Waals surface area contributed by atoms with Crippen molar-refractivity contribution >= 4 is 34.8 Å². The summed E-state index contributed by atoms with van der Waals surface area (Å²) >= 11 is 0. The number of aromatic nitrogens is 2. The first-order valence-corrected chi connectivity index (χ1v) is 8.53. The van der Waals surface area contributed by atoms with Gasteiger partial charge in [-0.05, 0) is 42.7 Å². The second kappa shape index (κ2) is 6.43. The SMILES string of the molecule is NC(=O)n1nc(C=Cc2ccccc2)c2ccc(N3CCCC3)cc21. The molecule has 0 saturated carbocycles. The van der Waals surface area contributed by atoms with Gasteiger partial charge in [0, 0.05) is 24.2 Å². The van der Waals surface area contributed by atoms with E-state index in [1.54, 1.807) is 0 Å². The zero-order valence-corrected chi connectivity index (χ0v) is 13.9. The predicted octanol–water partition coefficient (Wildman–Crippen LogP) is 3.73. The number of amides is 1. The van der Waals surface area contributed by atoms with Crippen LogP contribution in [-0.4, -0.2) is 28.9 Å². The highest BCUT2D eigenvalue weighted by Gasteiger charge is 2.17. The monoisotopic (exact) mass is 332 g/mol. The summed E-state index contributed by atoms with van der Waals surface area (Å²) in [5.74, 6) is 0. The fourth-order valence-corrected chi connectivity index (χ4v) is 3.33. The van der Waals surface area contributed by atoms with Crippen molar-refractivity contribution in [1.82, 2.24) is 9.78 Å². The lowest BCUT2D eigenvalue weighted by atomic mass is 10.1. The van der Waals surface area contributed by atoms with E-state index < -0.39 is 6.03 Å². The van der Waals surface area contributed by atoms with E-state index in [1.807, 2.05) is 54.6 Å². The van der Waals surface area contributed by atoms with Crippen molar-refractivity contribution in [2.75, 3.05) is 18.0 Å². The summed E-state index contributed by atoms with van der Waals surface area (Å²) in [6, 6.07) is 15.6. The first-order chi connectivity index (χ1) is 12.2. The first-order valence-electron chi connectivity index (χ1n) is 8.53.